The Labute approximate surface area is 143 Å². The van der Waals surface area contributed by atoms with E-state index < -0.39 is 22.3 Å². The molecule has 3 rings (SSSR count). The molecular formula is C16H17N5O4. The van der Waals surface area contributed by atoms with Crippen LogP contribution >= 0.6 is 0 Å². The minimum Gasteiger partial charge on any atom is -0.502 e. The monoisotopic (exact) mass is 343 g/mol. The molecule has 25 heavy (non-hydrogen) atoms. The lowest BCUT2D eigenvalue weighted by molar-refractivity contribution is -0.385. The first kappa shape index (κ1) is 16.7. The van der Waals surface area contributed by atoms with Crippen molar-refractivity contribution in [2.45, 2.75) is 0 Å². The molecule has 0 atom stereocenters. The first-order valence-corrected chi connectivity index (χ1v) is 7.75. The number of nitro benzene ring substituents is 1. The quantitative estimate of drug-likeness (QED) is 0.566. The number of phenols is 1. The van der Waals surface area contributed by atoms with Gasteiger partial charge in [-0.3, -0.25) is 14.9 Å². The molecule has 1 aromatic carbocycles. The number of piperazine rings is 1. The molecule has 9 nitrogen and oxygen atoms in total. The number of aromatic nitrogens is 1. The van der Waals surface area contributed by atoms with Gasteiger partial charge in [-0.1, -0.05) is 0 Å². The largest absolute Gasteiger partial charge is 0.502 e. The van der Waals surface area contributed by atoms with Crippen LogP contribution in [0.1, 0.15) is 10.4 Å². The third kappa shape index (κ3) is 3.83. The summed E-state index contributed by atoms with van der Waals surface area (Å²) in [5, 5.41) is 26.2. The van der Waals surface area contributed by atoms with Gasteiger partial charge in [0.15, 0.2) is 5.75 Å². The second-order valence-corrected chi connectivity index (χ2v) is 5.55. The van der Waals surface area contributed by atoms with Crippen molar-refractivity contribution in [3.63, 3.8) is 0 Å². The Morgan fingerprint density at radius 3 is 2.64 bits per heavy atom. The number of phenolic OH excluding ortho intramolecular Hbond substituents is 1. The summed E-state index contributed by atoms with van der Waals surface area (Å²) in [7, 11) is 0. The molecule has 2 aromatic rings. The fourth-order valence-electron chi connectivity index (χ4n) is 2.58. The zero-order valence-corrected chi connectivity index (χ0v) is 13.3. The molecule has 9 heteroatoms. The number of amides is 1. The lowest BCUT2D eigenvalue weighted by atomic mass is 10.2. The van der Waals surface area contributed by atoms with Crippen molar-refractivity contribution >= 4 is 23.1 Å². The normalized spacial score (nSPS) is 14.2. The average Bonchev–Trinajstić information content (AvgIpc) is 2.62. The summed E-state index contributed by atoms with van der Waals surface area (Å²) in [5.41, 5.74) is 0.638. The zero-order chi connectivity index (χ0) is 17.8. The fourth-order valence-corrected chi connectivity index (χ4v) is 2.58. The van der Waals surface area contributed by atoms with Crippen LogP contribution in [0.2, 0.25) is 0 Å². The number of carbonyl (C=O) groups is 1. The molecule has 0 radical (unpaired) electrons. The molecule has 0 spiro atoms. The third-order valence-electron chi connectivity index (χ3n) is 3.91. The maximum Gasteiger partial charge on any atom is 0.310 e. The summed E-state index contributed by atoms with van der Waals surface area (Å²) in [6, 6.07) is 7.00. The Bertz CT molecular complexity index is 788. The van der Waals surface area contributed by atoms with E-state index >= 15 is 0 Å². The lowest BCUT2D eigenvalue weighted by Crippen LogP contribution is -2.43. The van der Waals surface area contributed by atoms with E-state index in [0.29, 0.717) is 5.82 Å². The van der Waals surface area contributed by atoms with Crippen LogP contribution < -0.4 is 15.5 Å². The van der Waals surface area contributed by atoms with Crippen LogP contribution in [-0.2, 0) is 0 Å². The summed E-state index contributed by atoms with van der Waals surface area (Å²) in [4.78, 5) is 28.6. The average molecular weight is 343 g/mol. The van der Waals surface area contributed by atoms with Gasteiger partial charge in [-0.2, -0.15) is 0 Å². The van der Waals surface area contributed by atoms with Crippen LogP contribution in [0.3, 0.4) is 0 Å². The predicted molar refractivity (Wildman–Crippen MR) is 92.0 cm³/mol. The van der Waals surface area contributed by atoms with E-state index in [-0.39, 0.29) is 5.56 Å². The third-order valence-corrected chi connectivity index (χ3v) is 3.91. The molecule has 2 heterocycles. The van der Waals surface area contributed by atoms with E-state index in [1.165, 1.54) is 6.07 Å². The number of carbonyl (C=O) groups excluding carboxylic acids is 1. The first-order chi connectivity index (χ1) is 12.0. The SMILES string of the molecule is O=C(Nc1ccc(N2CCNCC2)cn1)c1ccc([N+](=O)[O-])c(O)c1. The van der Waals surface area contributed by atoms with E-state index in [2.05, 4.69) is 20.5 Å². The molecule has 0 aliphatic carbocycles. The molecule has 0 unspecified atom stereocenters. The molecule has 1 fully saturated rings. The van der Waals surface area contributed by atoms with E-state index in [4.69, 9.17) is 0 Å². The number of hydrogen-bond donors (Lipinski definition) is 3. The highest BCUT2D eigenvalue weighted by atomic mass is 16.6. The van der Waals surface area contributed by atoms with Crippen LogP contribution in [0.4, 0.5) is 17.2 Å². The lowest BCUT2D eigenvalue weighted by Gasteiger charge is -2.29. The molecule has 1 aliphatic rings. The number of hydrogen-bond acceptors (Lipinski definition) is 7. The summed E-state index contributed by atoms with van der Waals surface area (Å²) >= 11 is 0. The summed E-state index contributed by atoms with van der Waals surface area (Å²) in [6.45, 7) is 3.63. The second-order valence-electron chi connectivity index (χ2n) is 5.55. The molecule has 3 N–H and O–H groups in total. The maximum atomic E-state index is 12.2. The molecule has 1 aliphatic heterocycles. The number of rotatable bonds is 4. The van der Waals surface area contributed by atoms with E-state index in [9.17, 15) is 20.0 Å². The van der Waals surface area contributed by atoms with Gasteiger partial charge in [0.25, 0.3) is 5.91 Å². The Balaban J connectivity index is 1.68. The van der Waals surface area contributed by atoms with Crippen molar-refractivity contribution in [1.29, 1.82) is 0 Å². The number of benzene rings is 1. The van der Waals surface area contributed by atoms with Gasteiger partial charge in [-0.15, -0.1) is 0 Å². The zero-order valence-electron chi connectivity index (χ0n) is 13.3. The van der Waals surface area contributed by atoms with Crippen LogP contribution in [0.5, 0.6) is 5.75 Å². The minimum absolute atomic E-state index is 0.107. The summed E-state index contributed by atoms with van der Waals surface area (Å²) in [5.74, 6) is -0.700. The van der Waals surface area contributed by atoms with Crippen molar-refractivity contribution < 1.29 is 14.8 Å². The molecule has 1 saturated heterocycles. The minimum atomic E-state index is -0.715. The van der Waals surface area contributed by atoms with Gasteiger partial charge in [-0.25, -0.2) is 4.98 Å². The van der Waals surface area contributed by atoms with Crippen LogP contribution in [0.25, 0.3) is 0 Å². The predicted octanol–water partition coefficient (Wildman–Crippen LogP) is 1.36. The number of anilines is 2. The highest BCUT2D eigenvalue weighted by Crippen LogP contribution is 2.26. The van der Waals surface area contributed by atoms with Crippen LogP contribution in [-0.4, -0.2) is 47.1 Å². The Hall–Kier alpha value is -3.20. The van der Waals surface area contributed by atoms with Crippen LogP contribution in [0, 0.1) is 10.1 Å². The van der Waals surface area contributed by atoms with Gasteiger partial charge in [0.1, 0.15) is 5.82 Å². The smallest absolute Gasteiger partial charge is 0.310 e. The second kappa shape index (κ2) is 7.14. The number of nitrogens with one attached hydrogen (secondary N) is 2. The highest BCUT2D eigenvalue weighted by Gasteiger charge is 2.16. The van der Waals surface area contributed by atoms with Crippen LogP contribution in [0.15, 0.2) is 36.5 Å². The fraction of sp³-hybridized carbons (Fsp3) is 0.250. The molecule has 0 bridgehead atoms. The maximum absolute atomic E-state index is 12.2. The molecular weight excluding hydrogens is 326 g/mol. The summed E-state index contributed by atoms with van der Waals surface area (Å²) < 4.78 is 0. The van der Waals surface area contributed by atoms with Gasteiger partial charge in [-0.05, 0) is 24.3 Å². The van der Waals surface area contributed by atoms with Crippen molar-refractivity contribution in [3.05, 3.63) is 52.2 Å². The molecule has 130 valence electrons. The van der Waals surface area contributed by atoms with Crippen molar-refractivity contribution in [2.24, 2.45) is 0 Å². The topological polar surface area (TPSA) is 121 Å². The van der Waals surface area contributed by atoms with E-state index in [1.807, 2.05) is 6.07 Å². The number of nitro groups is 1. The van der Waals surface area contributed by atoms with Crippen molar-refractivity contribution in [3.8, 4) is 5.75 Å². The van der Waals surface area contributed by atoms with Gasteiger partial charge >= 0.3 is 5.69 Å². The number of aromatic hydroxyl groups is 1. The van der Waals surface area contributed by atoms with Gasteiger partial charge in [0, 0.05) is 37.8 Å². The number of pyridine rings is 1. The molecule has 1 aromatic heterocycles. The van der Waals surface area contributed by atoms with Gasteiger partial charge in [0.05, 0.1) is 16.8 Å². The van der Waals surface area contributed by atoms with Gasteiger partial charge in [0.2, 0.25) is 0 Å². The van der Waals surface area contributed by atoms with E-state index in [1.54, 1.807) is 12.3 Å². The van der Waals surface area contributed by atoms with Gasteiger partial charge < -0.3 is 20.6 Å². The van der Waals surface area contributed by atoms with Crippen molar-refractivity contribution in [2.75, 3.05) is 36.4 Å². The summed E-state index contributed by atoms with van der Waals surface area (Å²) in [6.07, 6.45) is 1.69. The Morgan fingerprint density at radius 1 is 1.28 bits per heavy atom. The Morgan fingerprint density at radius 2 is 2.04 bits per heavy atom. The molecule has 0 saturated carbocycles. The first-order valence-electron chi connectivity index (χ1n) is 7.75. The van der Waals surface area contributed by atoms with E-state index in [0.717, 1.165) is 44.0 Å². The number of nitrogens with zero attached hydrogens (tertiary/aromatic N) is 3. The standard InChI is InChI=1S/C16H17N5O4/c22-14-9-11(1-3-13(14)21(24)25)16(23)19-15-4-2-12(10-18-15)20-7-5-17-6-8-20/h1-4,9-10,17,22H,5-8H2,(H,18,19,23). The molecule has 1 amide bonds. The Kier molecular flexibility index (Phi) is 4.75. The van der Waals surface area contributed by atoms with Crippen molar-refractivity contribution in [1.82, 2.24) is 10.3 Å². The highest BCUT2D eigenvalue weighted by molar-refractivity contribution is 6.04.